The molecule has 0 bridgehead atoms. The van der Waals surface area contributed by atoms with Crippen molar-refractivity contribution in [2.75, 3.05) is 7.11 Å². The van der Waals surface area contributed by atoms with E-state index in [9.17, 15) is 4.79 Å². The van der Waals surface area contributed by atoms with Gasteiger partial charge in [0.1, 0.15) is 0 Å². The summed E-state index contributed by atoms with van der Waals surface area (Å²) in [5.74, 6) is -0.0583. The maximum absolute atomic E-state index is 12.1. The van der Waals surface area contributed by atoms with Crippen LogP contribution in [-0.2, 0) is 9.53 Å². The van der Waals surface area contributed by atoms with Crippen molar-refractivity contribution in [1.29, 1.82) is 0 Å². The minimum atomic E-state index is -2.17. The van der Waals surface area contributed by atoms with Gasteiger partial charge in [0.05, 0.1) is 0 Å². The van der Waals surface area contributed by atoms with Crippen molar-refractivity contribution in [1.82, 2.24) is 0 Å². The molecular weight excluding hydrogens is 285 g/mol. The van der Waals surface area contributed by atoms with Gasteiger partial charge in [0.2, 0.25) is 0 Å². The molecule has 18 heavy (non-hydrogen) atoms. The summed E-state index contributed by atoms with van der Waals surface area (Å²) in [5.41, 5.74) is 0. The zero-order valence-electron chi connectivity index (χ0n) is 12.8. The first-order chi connectivity index (χ1) is 8.61. The second-order valence-corrected chi connectivity index (χ2v) is 15.9. The monoisotopic (exact) mass is 316 g/mol. The first kappa shape index (κ1) is 17.8. The van der Waals surface area contributed by atoms with E-state index >= 15 is 0 Å². The Bertz CT molecular complexity index is 259. The molecule has 3 heteroatoms. The summed E-state index contributed by atoms with van der Waals surface area (Å²) in [7, 11) is 1.51. The summed E-state index contributed by atoms with van der Waals surface area (Å²) in [6, 6.07) is 0. The molecular formula is C15H30GeO2. The molecule has 0 amide bonds. The number of methoxy groups -OCH3 is 1. The molecule has 0 aliphatic heterocycles. The van der Waals surface area contributed by atoms with Gasteiger partial charge in [0, 0.05) is 0 Å². The Hall–Kier alpha value is -0.247. The molecule has 0 heterocycles. The number of hydrogen-bond donors (Lipinski definition) is 0. The Morgan fingerprint density at radius 2 is 1.61 bits per heavy atom. The normalized spacial score (nSPS) is 12.6. The molecule has 106 valence electrons. The van der Waals surface area contributed by atoms with E-state index in [2.05, 4.69) is 33.8 Å². The fourth-order valence-corrected chi connectivity index (χ4v) is 10.5. The molecule has 0 aromatic heterocycles. The Balaban J connectivity index is 5.01. The van der Waals surface area contributed by atoms with Crippen LogP contribution in [0.15, 0.2) is 10.5 Å². The summed E-state index contributed by atoms with van der Waals surface area (Å²) < 4.78 is 6.10. The number of rotatable bonds is 9. The van der Waals surface area contributed by atoms with Crippen LogP contribution in [0.2, 0.25) is 15.8 Å². The molecule has 0 unspecified atom stereocenters. The molecule has 0 saturated heterocycles. The van der Waals surface area contributed by atoms with Crippen LogP contribution in [0, 0.1) is 0 Å². The number of esters is 1. The van der Waals surface area contributed by atoms with Gasteiger partial charge in [-0.15, -0.1) is 0 Å². The van der Waals surface area contributed by atoms with Crippen LogP contribution in [0.1, 0.15) is 53.4 Å². The average Bonchev–Trinajstić information content (AvgIpc) is 2.42. The fraction of sp³-hybridized carbons (Fsp3) is 0.800. The second kappa shape index (κ2) is 9.65. The predicted octanol–water partition coefficient (Wildman–Crippen LogP) is 4.71. The Kier molecular flexibility index (Phi) is 9.52. The molecule has 0 atom stereocenters. The van der Waals surface area contributed by atoms with Crippen molar-refractivity contribution in [2.45, 2.75) is 69.1 Å². The maximum atomic E-state index is 12.1. The van der Waals surface area contributed by atoms with E-state index < -0.39 is 13.3 Å². The Morgan fingerprint density at radius 1 is 1.06 bits per heavy atom. The number of ether oxygens (including phenoxy) is 1. The standard InChI is InChI=1S/C15H30GeO2/c1-6-10-11-12-13-14(15(17)18-5)16(7-2,8-3)9-4/h13H,6-12H2,1-5H3/b14-13+. The minimum absolute atomic E-state index is 0.0583. The summed E-state index contributed by atoms with van der Waals surface area (Å²) in [5, 5.41) is 3.55. The number of allylic oxidation sites excluding steroid dienone is 1. The third-order valence-electron chi connectivity index (χ3n) is 4.16. The molecule has 0 aromatic carbocycles. The predicted molar refractivity (Wildman–Crippen MR) is 81.4 cm³/mol. The summed E-state index contributed by atoms with van der Waals surface area (Å²) in [6.07, 6.45) is 6.90. The second-order valence-electron chi connectivity index (χ2n) is 4.95. The third-order valence-corrected chi connectivity index (χ3v) is 15.9. The summed E-state index contributed by atoms with van der Waals surface area (Å²) >= 11 is -2.17. The van der Waals surface area contributed by atoms with Gasteiger partial charge >= 0.3 is 115 Å². The van der Waals surface area contributed by atoms with Crippen LogP contribution in [0.5, 0.6) is 0 Å². The van der Waals surface area contributed by atoms with Gasteiger partial charge in [-0.25, -0.2) is 0 Å². The summed E-state index contributed by atoms with van der Waals surface area (Å²) in [6.45, 7) is 8.94. The van der Waals surface area contributed by atoms with E-state index in [1.807, 2.05) is 0 Å². The van der Waals surface area contributed by atoms with E-state index in [-0.39, 0.29) is 5.97 Å². The molecule has 0 spiro atoms. The van der Waals surface area contributed by atoms with Crippen molar-refractivity contribution < 1.29 is 9.53 Å². The van der Waals surface area contributed by atoms with Gasteiger partial charge in [-0.2, -0.15) is 0 Å². The first-order valence-corrected chi connectivity index (χ1v) is 12.9. The topological polar surface area (TPSA) is 26.3 Å². The zero-order valence-corrected chi connectivity index (χ0v) is 14.9. The van der Waals surface area contributed by atoms with E-state index in [0.29, 0.717) is 0 Å². The van der Waals surface area contributed by atoms with Gasteiger partial charge in [-0.05, 0) is 0 Å². The molecule has 0 aliphatic carbocycles. The average molecular weight is 315 g/mol. The summed E-state index contributed by atoms with van der Waals surface area (Å²) in [4.78, 5) is 12.1. The molecule has 2 nitrogen and oxygen atoms in total. The molecule has 0 saturated carbocycles. The van der Waals surface area contributed by atoms with Crippen LogP contribution < -0.4 is 0 Å². The number of hydrogen-bond acceptors (Lipinski definition) is 2. The van der Waals surface area contributed by atoms with Crippen molar-refractivity contribution in [3.05, 3.63) is 10.5 Å². The fourth-order valence-electron chi connectivity index (χ4n) is 2.59. The van der Waals surface area contributed by atoms with Crippen LogP contribution in [0.3, 0.4) is 0 Å². The van der Waals surface area contributed by atoms with Crippen LogP contribution in [0.25, 0.3) is 0 Å². The molecule has 0 aliphatic rings. The van der Waals surface area contributed by atoms with Gasteiger partial charge < -0.3 is 0 Å². The Morgan fingerprint density at radius 3 is 2.00 bits per heavy atom. The van der Waals surface area contributed by atoms with Gasteiger partial charge in [0.25, 0.3) is 0 Å². The zero-order chi connectivity index (χ0) is 14.0. The van der Waals surface area contributed by atoms with Crippen LogP contribution in [0.4, 0.5) is 0 Å². The van der Waals surface area contributed by atoms with Gasteiger partial charge in [-0.1, -0.05) is 0 Å². The third kappa shape index (κ3) is 4.79. The van der Waals surface area contributed by atoms with E-state index in [0.717, 1.165) is 10.8 Å². The van der Waals surface area contributed by atoms with Crippen LogP contribution >= 0.6 is 0 Å². The molecule has 0 radical (unpaired) electrons. The van der Waals surface area contributed by atoms with E-state index in [1.54, 1.807) is 0 Å². The number of unbranched alkanes of at least 4 members (excludes halogenated alkanes) is 3. The number of carbonyl (C=O) groups excluding carboxylic acids is 1. The number of carbonyl (C=O) groups is 1. The molecule has 0 rings (SSSR count). The van der Waals surface area contributed by atoms with E-state index in [1.165, 1.54) is 42.1 Å². The van der Waals surface area contributed by atoms with Crippen molar-refractivity contribution >= 4 is 19.2 Å². The molecule has 0 fully saturated rings. The van der Waals surface area contributed by atoms with Crippen molar-refractivity contribution in [2.24, 2.45) is 0 Å². The van der Waals surface area contributed by atoms with Crippen molar-refractivity contribution in [3.63, 3.8) is 0 Å². The van der Waals surface area contributed by atoms with Crippen molar-refractivity contribution in [3.8, 4) is 0 Å². The Labute approximate surface area is 116 Å². The quantitative estimate of drug-likeness (QED) is 0.266. The van der Waals surface area contributed by atoms with E-state index in [4.69, 9.17) is 4.74 Å². The van der Waals surface area contributed by atoms with Crippen LogP contribution in [-0.4, -0.2) is 26.3 Å². The molecule has 0 N–H and O–H groups in total. The SMILES string of the molecule is CCCCC/C=[C](\C(=O)OC)[Ge]([CH2]C)([CH2]C)[CH2]C. The van der Waals surface area contributed by atoms with Gasteiger partial charge in [0.15, 0.2) is 0 Å². The molecule has 0 aromatic rings. The van der Waals surface area contributed by atoms with Gasteiger partial charge in [-0.3, -0.25) is 0 Å². The first-order valence-electron chi connectivity index (χ1n) is 7.40.